The number of hydrogen-bond donors (Lipinski definition) is 1. The number of anilines is 1. The van der Waals surface area contributed by atoms with E-state index in [1.165, 1.54) is 0 Å². The fourth-order valence-corrected chi connectivity index (χ4v) is 3.12. The van der Waals surface area contributed by atoms with Crippen molar-refractivity contribution in [1.29, 1.82) is 0 Å². The van der Waals surface area contributed by atoms with E-state index in [1.807, 2.05) is 72.8 Å². The van der Waals surface area contributed by atoms with Crippen LogP contribution in [0.1, 0.15) is 5.76 Å². The van der Waals surface area contributed by atoms with Gasteiger partial charge >= 0.3 is 0 Å². The molecule has 5 heteroatoms. The van der Waals surface area contributed by atoms with Crippen molar-refractivity contribution in [2.24, 2.45) is 0 Å². The van der Waals surface area contributed by atoms with Gasteiger partial charge in [0.25, 0.3) is 0 Å². The molecule has 132 valence electrons. The number of nitrogens with zero attached hydrogens (tertiary/aromatic N) is 1. The number of rotatable bonds is 4. The first-order chi connectivity index (χ1) is 13.2. The monoisotopic (exact) mass is 372 g/mol. The third-order valence-corrected chi connectivity index (χ3v) is 4.38. The number of aromatic nitrogens is 1. The zero-order valence-corrected chi connectivity index (χ0v) is 15.1. The van der Waals surface area contributed by atoms with Crippen molar-refractivity contribution in [3.05, 3.63) is 97.0 Å². The third kappa shape index (κ3) is 3.59. The molecule has 2 aromatic carbocycles. The first kappa shape index (κ1) is 17.0. The van der Waals surface area contributed by atoms with Gasteiger partial charge in [0.05, 0.1) is 0 Å². The van der Waals surface area contributed by atoms with Gasteiger partial charge in [-0.05, 0) is 24.3 Å². The number of para-hydroxylation sites is 2. The standard InChI is InChI=1S/C22H16N2O2S/c25-21(19-15-16-9-5-6-12-18(16)26-19)20(24-13-7-2-8-14-24)22(27)23-17-10-3-1-4-11-17/h1-15H,(H-,23,25,27). The minimum Gasteiger partial charge on any atom is -0.865 e. The van der Waals surface area contributed by atoms with E-state index in [0.29, 0.717) is 16.3 Å². The normalized spacial score (nSPS) is 11.9. The van der Waals surface area contributed by atoms with Crippen molar-refractivity contribution in [3.63, 3.8) is 0 Å². The van der Waals surface area contributed by atoms with Crippen molar-refractivity contribution in [2.45, 2.75) is 0 Å². The van der Waals surface area contributed by atoms with E-state index in [4.69, 9.17) is 16.6 Å². The van der Waals surface area contributed by atoms with E-state index in [-0.39, 0.29) is 11.5 Å². The Balaban J connectivity index is 1.81. The molecule has 0 spiro atoms. The Bertz CT molecular complexity index is 1090. The SMILES string of the molecule is [O-]/C(=C(\C(=S)Nc1ccccc1)[n+]1ccccc1)c1cc2ccccc2o1. The maximum absolute atomic E-state index is 13.3. The Labute approximate surface area is 162 Å². The van der Waals surface area contributed by atoms with Gasteiger partial charge in [0.1, 0.15) is 11.3 Å². The molecule has 0 saturated carbocycles. The molecule has 0 atom stereocenters. The Morgan fingerprint density at radius 2 is 1.56 bits per heavy atom. The number of fused-ring (bicyclic) bond motifs is 1. The van der Waals surface area contributed by atoms with Crippen LogP contribution in [0.15, 0.2) is 95.7 Å². The number of hydrogen-bond acceptors (Lipinski definition) is 3. The van der Waals surface area contributed by atoms with Gasteiger partial charge in [-0.15, -0.1) is 0 Å². The van der Waals surface area contributed by atoms with E-state index in [1.54, 1.807) is 23.0 Å². The summed E-state index contributed by atoms with van der Waals surface area (Å²) in [5.74, 6) is -0.0319. The molecule has 0 amide bonds. The van der Waals surface area contributed by atoms with Crippen LogP contribution < -0.4 is 15.0 Å². The summed E-state index contributed by atoms with van der Waals surface area (Å²) in [6.45, 7) is 0. The first-order valence-electron chi connectivity index (χ1n) is 8.46. The predicted molar refractivity (Wildman–Crippen MR) is 109 cm³/mol. The topological polar surface area (TPSA) is 52.1 Å². The van der Waals surface area contributed by atoms with Gasteiger partial charge in [-0.1, -0.05) is 54.7 Å². The minimum absolute atomic E-state index is 0.250. The number of nitrogens with one attached hydrogen (secondary N) is 1. The summed E-state index contributed by atoms with van der Waals surface area (Å²) in [5, 5.41) is 17.3. The quantitative estimate of drug-likeness (QED) is 0.256. The molecule has 27 heavy (non-hydrogen) atoms. The van der Waals surface area contributed by atoms with Crippen molar-refractivity contribution < 1.29 is 14.1 Å². The molecule has 0 aliphatic heterocycles. The van der Waals surface area contributed by atoms with Crippen LogP contribution in [-0.2, 0) is 0 Å². The maximum atomic E-state index is 13.3. The Morgan fingerprint density at radius 1 is 0.889 bits per heavy atom. The van der Waals surface area contributed by atoms with Crippen molar-refractivity contribution in [1.82, 2.24) is 0 Å². The average Bonchev–Trinajstić information content (AvgIpc) is 3.14. The van der Waals surface area contributed by atoms with E-state index >= 15 is 0 Å². The van der Waals surface area contributed by atoms with Crippen molar-refractivity contribution in [2.75, 3.05) is 5.32 Å². The summed E-state index contributed by atoms with van der Waals surface area (Å²) >= 11 is 5.57. The molecule has 4 aromatic rings. The number of pyridine rings is 1. The smallest absolute Gasteiger partial charge is 0.241 e. The second-order valence-electron chi connectivity index (χ2n) is 5.93. The molecular weight excluding hydrogens is 356 g/mol. The van der Waals surface area contributed by atoms with Crippen LogP contribution in [0.5, 0.6) is 0 Å². The summed E-state index contributed by atoms with van der Waals surface area (Å²) in [4.78, 5) is 0.322. The van der Waals surface area contributed by atoms with E-state index < -0.39 is 0 Å². The molecule has 4 rings (SSSR count). The summed E-state index contributed by atoms with van der Waals surface area (Å²) in [7, 11) is 0. The first-order valence-corrected chi connectivity index (χ1v) is 8.86. The van der Waals surface area contributed by atoms with Crippen molar-refractivity contribution in [3.8, 4) is 0 Å². The lowest BCUT2D eigenvalue weighted by atomic mass is 10.2. The number of furan rings is 1. The Kier molecular flexibility index (Phi) is 4.68. The molecule has 1 N–H and O–H groups in total. The molecule has 0 bridgehead atoms. The number of benzene rings is 2. The van der Waals surface area contributed by atoms with Crippen molar-refractivity contribution >= 4 is 45.3 Å². The van der Waals surface area contributed by atoms with E-state index in [2.05, 4.69) is 5.32 Å². The van der Waals surface area contributed by atoms with Crippen LogP contribution in [0.2, 0.25) is 0 Å². The summed E-state index contributed by atoms with van der Waals surface area (Å²) in [6, 6.07) is 24.4. The Hall–Kier alpha value is -3.44. The zero-order chi connectivity index (χ0) is 18.6. The zero-order valence-electron chi connectivity index (χ0n) is 14.3. The van der Waals surface area contributed by atoms with Gasteiger partial charge in [-0.25, -0.2) is 0 Å². The highest BCUT2D eigenvalue weighted by Crippen LogP contribution is 2.24. The molecule has 0 aliphatic carbocycles. The lowest BCUT2D eigenvalue weighted by molar-refractivity contribution is -0.577. The lowest BCUT2D eigenvalue weighted by Crippen LogP contribution is -2.39. The second kappa shape index (κ2) is 7.43. The highest BCUT2D eigenvalue weighted by molar-refractivity contribution is 7.81. The summed E-state index contributed by atoms with van der Waals surface area (Å²) in [5.41, 5.74) is 1.81. The summed E-state index contributed by atoms with van der Waals surface area (Å²) in [6.07, 6.45) is 3.57. The molecular formula is C22H16N2O2S. The van der Waals surface area contributed by atoms with E-state index in [9.17, 15) is 5.11 Å². The molecule has 0 unspecified atom stereocenters. The van der Waals surface area contributed by atoms with Crippen LogP contribution in [0.25, 0.3) is 22.4 Å². The van der Waals surface area contributed by atoms with Crippen LogP contribution in [0.4, 0.5) is 5.69 Å². The average molecular weight is 372 g/mol. The molecule has 2 aromatic heterocycles. The fraction of sp³-hybridized carbons (Fsp3) is 0. The van der Waals surface area contributed by atoms with Gasteiger partial charge < -0.3 is 14.8 Å². The predicted octanol–water partition coefficient (Wildman–Crippen LogP) is 3.85. The maximum Gasteiger partial charge on any atom is 0.241 e. The molecule has 4 nitrogen and oxygen atoms in total. The molecule has 2 heterocycles. The van der Waals surface area contributed by atoms with Crippen LogP contribution in [0, 0.1) is 0 Å². The minimum atomic E-state index is -0.282. The van der Waals surface area contributed by atoms with Gasteiger partial charge in [-0.2, -0.15) is 4.57 Å². The largest absolute Gasteiger partial charge is 0.865 e. The summed E-state index contributed by atoms with van der Waals surface area (Å²) < 4.78 is 7.46. The molecule has 0 radical (unpaired) electrons. The molecule has 0 aliphatic rings. The van der Waals surface area contributed by atoms with Gasteiger partial charge in [0.2, 0.25) is 5.70 Å². The highest BCUT2D eigenvalue weighted by atomic mass is 32.1. The number of thiocarbonyl (C=S) groups is 1. The fourth-order valence-electron chi connectivity index (χ4n) is 2.81. The van der Waals surface area contributed by atoms with Crippen LogP contribution in [0.3, 0.4) is 0 Å². The van der Waals surface area contributed by atoms with E-state index in [0.717, 1.165) is 11.1 Å². The van der Waals surface area contributed by atoms with Gasteiger partial charge in [0.15, 0.2) is 17.4 Å². The van der Waals surface area contributed by atoms with Crippen LogP contribution >= 0.6 is 12.2 Å². The van der Waals surface area contributed by atoms with Gasteiger partial charge in [-0.3, -0.25) is 0 Å². The second-order valence-corrected chi connectivity index (χ2v) is 6.34. The van der Waals surface area contributed by atoms with Gasteiger partial charge in [0, 0.05) is 29.0 Å². The molecule has 0 fully saturated rings. The Morgan fingerprint density at radius 3 is 2.30 bits per heavy atom. The van der Waals surface area contributed by atoms with Crippen LogP contribution in [-0.4, -0.2) is 4.99 Å². The highest BCUT2D eigenvalue weighted by Gasteiger charge is 2.20. The molecule has 0 saturated heterocycles. The third-order valence-electron chi connectivity index (χ3n) is 4.08. The lowest BCUT2D eigenvalue weighted by Gasteiger charge is -2.14.